The number of anilines is 1. The summed E-state index contributed by atoms with van der Waals surface area (Å²) in [5.74, 6) is 0.842. The lowest BCUT2D eigenvalue weighted by molar-refractivity contribution is -0.121. The van der Waals surface area contributed by atoms with Crippen LogP contribution in [0.1, 0.15) is 31.2 Å². The van der Waals surface area contributed by atoms with E-state index in [4.69, 9.17) is 16.0 Å². The average molecular weight is 521 g/mol. The van der Waals surface area contributed by atoms with Crippen LogP contribution in [0.3, 0.4) is 0 Å². The summed E-state index contributed by atoms with van der Waals surface area (Å²) < 4.78 is 32.6. The Hall–Kier alpha value is -2.40. The summed E-state index contributed by atoms with van der Waals surface area (Å²) in [5, 5.41) is 11.1. The number of sulfonamides is 1. The highest BCUT2D eigenvalue weighted by atomic mass is 35.5. The van der Waals surface area contributed by atoms with Crippen molar-refractivity contribution < 1.29 is 17.6 Å². The fourth-order valence-electron chi connectivity index (χ4n) is 3.74. The van der Waals surface area contributed by atoms with E-state index in [0.29, 0.717) is 30.2 Å². The molecule has 1 aromatic heterocycles. The van der Waals surface area contributed by atoms with E-state index in [2.05, 4.69) is 34.6 Å². The molecule has 1 N–H and O–H groups in total. The summed E-state index contributed by atoms with van der Waals surface area (Å²) in [5.41, 5.74) is 1.04. The molecule has 1 aliphatic rings. The smallest absolute Gasteiger partial charge is 0.322 e. The van der Waals surface area contributed by atoms with Crippen LogP contribution in [0.5, 0.6) is 0 Å². The van der Waals surface area contributed by atoms with Gasteiger partial charge in [0.15, 0.2) is 0 Å². The number of nitrogens with one attached hydrogen (secondary N) is 1. The Morgan fingerprint density at radius 2 is 1.79 bits per heavy atom. The molecule has 0 unspecified atom stereocenters. The minimum absolute atomic E-state index is 0.0503. The number of carbonyl (C=O) groups excluding carboxylic acids is 1. The molecule has 34 heavy (non-hydrogen) atoms. The fraction of sp³-hybridized carbons (Fsp3) is 0.348. The first-order chi connectivity index (χ1) is 16.3. The van der Waals surface area contributed by atoms with Crippen LogP contribution in [0.4, 0.5) is 6.01 Å². The van der Waals surface area contributed by atoms with Crippen molar-refractivity contribution in [2.24, 2.45) is 5.92 Å². The fourth-order valence-corrected chi connectivity index (χ4v) is 6.00. The summed E-state index contributed by atoms with van der Waals surface area (Å²) in [4.78, 5) is 14.1. The van der Waals surface area contributed by atoms with E-state index in [1.807, 2.05) is 12.1 Å². The Labute approximate surface area is 208 Å². The van der Waals surface area contributed by atoms with Gasteiger partial charge in [-0.1, -0.05) is 35.8 Å². The third kappa shape index (κ3) is 5.99. The molecular weight excluding hydrogens is 496 g/mol. The Morgan fingerprint density at radius 3 is 2.44 bits per heavy atom. The molecule has 180 valence electrons. The molecule has 0 aliphatic carbocycles. The van der Waals surface area contributed by atoms with Crippen LogP contribution in [-0.4, -0.2) is 47.7 Å². The molecule has 2 aromatic carbocycles. The van der Waals surface area contributed by atoms with Gasteiger partial charge >= 0.3 is 6.01 Å². The van der Waals surface area contributed by atoms with Crippen molar-refractivity contribution in [1.29, 1.82) is 0 Å². The molecular formula is C23H25ClN4O4S2. The van der Waals surface area contributed by atoms with Crippen molar-refractivity contribution in [3.05, 3.63) is 65.0 Å². The Bertz CT molecular complexity index is 1220. The average Bonchev–Trinajstić information content (AvgIpc) is 3.27. The second kappa shape index (κ2) is 10.9. The van der Waals surface area contributed by atoms with Crippen LogP contribution < -0.4 is 5.32 Å². The van der Waals surface area contributed by atoms with Gasteiger partial charge in [-0.25, -0.2) is 8.42 Å². The van der Waals surface area contributed by atoms with Crippen LogP contribution in [0.25, 0.3) is 0 Å². The second-order valence-electron chi connectivity index (χ2n) is 7.88. The number of rotatable bonds is 8. The summed E-state index contributed by atoms with van der Waals surface area (Å²) in [6, 6.07) is 14.3. The van der Waals surface area contributed by atoms with E-state index in [1.165, 1.54) is 21.3 Å². The van der Waals surface area contributed by atoms with E-state index in [1.54, 1.807) is 23.9 Å². The van der Waals surface area contributed by atoms with Gasteiger partial charge in [0.05, 0.1) is 11.3 Å². The largest absolute Gasteiger partial charge is 0.407 e. The van der Waals surface area contributed by atoms with E-state index in [0.717, 1.165) is 11.3 Å². The third-order valence-corrected chi connectivity index (χ3v) is 8.62. The predicted molar refractivity (Wildman–Crippen MR) is 132 cm³/mol. The maximum Gasteiger partial charge on any atom is 0.322 e. The van der Waals surface area contributed by atoms with Crippen LogP contribution in [0.15, 0.2) is 62.7 Å². The number of amides is 1. The molecule has 1 amide bonds. The minimum atomic E-state index is -3.62. The normalized spacial score (nSPS) is 15.4. The van der Waals surface area contributed by atoms with Crippen molar-refractivity contribution in [2.75, 3.05) is 24.2 Å². The molecule has 0 bridgehead atoms. The second-order valence-corrected chi connectivity index (χ2v) is 11.6. The zero-order valence-corrected chi connectivity index (χ0v) is 21.0. The van der Waals surface area contributed by atoms with Gasteiger partial charge in [-0.15, -0.1) is 16.9 Å². The zero-order valence-electron chi connectivity index (χ0n) is 18.6. The van der Waals surface area contributed by atoms with E-state index in [-0.39, 0.29) is 35.8 Å². The van der Waals surface area contributed by atoms with Crippen LogP contribution in [0.2, 0.25) is 5.02 Å². The van der Waals surface area contributed by atoms with Crippen LogP contribution in [-0.2, 0) is 21.2 Å². The van der Waals surface area contributed by atoms with Gasteiger partial charge in [0.2, 0.25) is 21.8 Å². The van der Waals surface area contributed by atoms with Gasteiger partial charge in [-0.2, -0.15) is 4.31 Å². The molecule has 3 aromatic rings. The topological polar surface area (TPSA) is 105 Å². The van der Waals surface area contributed by atoms with E-state index in [9.17, 15) is 13.2 Å². The Balaban J connectivity index is 1.29. The first-order valence-corrected chi connectivity index (χ1v) is 13.8. The number of thioether (sulfide) groups is 1. The highest BCUT2D eigenvalue weighted by Gasteiger charge is 2.32. The van der Waals surface area contributed by atoms with Crippen LogP contribution in [0, 0.1) is 5.92 Å². The molecule has 11 heteroatoms. The molecule has 0 radical (unpaired) electrons. The molecule has 2 heterocycles. The SMILES string of the molecule is CCSc1ccc(Cc2nnc(NC(=O)C3CCN(S(=O)(=O)c4ccc(Cl)cc4)CC3)o2)cc1. The van der Waals surface area contributed by atoms with Gasteiger partial charge in [0, 0.05) is 28.9 Å². The van der Waals surface area contributed by atoms with Crippen molar-refractivity contribution in [1.82, 2.24) is 14.5 Å². The van der Waals surface area contributed by atoms with Gasteiger partial charge in [-0.05, 0) is 60.6 Å². The minimum Gasteiger partial charge on any atom is -0.407 e. The highest BCUT2D eigenvalue weighted by molar-refractivity contribution is 7.99. The molecule has 0 saturated carbocycles. The van der Waals surface area contributed by atoms with Gasteiger partial charge in [0.1, 0.15) is 0 Å². The summed E-state index contributed by atoms with van der Waals surface area (Å²) in [7, 11) is -3.62. The molecule has 0 spiro atoms. The highest BCUT2D eigenvalue weighted by Crippen LogP contribution is 2.26. The lowest BCUT2D eigenvalue weighted by Crippen LogP contribution is -2.41. The molecule has 1 saturated heterocycles. The van der Waals surface area contributed by atoms with Crippen molar-refractivity contribution >= 4 is 45.3 Å². The zero-order chi connectivity index (χ0) is 24.1. The van der Waals surface area contributed by atoms with Crippen LogP contribution >= 0.6 is 23.4 Å². The van der Waals surface area contributed by atoms with Gasteiger partial charge in [-0.3, -0.25) is 10.1 Å². The van der Waals surface area contributed by atoms with Gasteiger partial charge in [0.25, 0.3) is 0 Å². The number of carbonyl (C=O) groups is 1. The molecule has 1 aliphatic heterocycles. The lowest BCUT2D eigenvalue weighted by atomic mass is 9.97. The summed E-state index contributed by atoms with van der Waals surface area (Å²) >= 11 is 7.63. The number of halogens is 1. The van der Waals surface area contributed by atoms with E-state index < -0.39 is 10.0 Å². The number of benzene rings is 2. The standard InChI is InChI=1S/C23H25ClN4O4S2/c1-2-33-19-7-3-16(4-8-19)15-21-26-27-23(32-21)25-22(29)17-11-13-28(14-12-17)34(30,31)20-9-5-18(24)6-10-20/h3-10,17H,2,11-15H2,1H3,(H,25,27,29). The maximum absolute atomic E-state index is 12.8. The van der Waals surface area contributed by atoms with Gasteiger partial charge < -0.3 is 4.42 Å². The number of piperidine rings is 1. The predicted octanol–water partition coefficient (Wildman–Crippen LogP) is 4.47. The first-order valence-electron chi connectivity index (χ1n) is 11.0. The van der Waals surface area contributed by atoms with Crippen molar-refractivity contribution in [3.8, 4) is 0 Å². The Morgan fingerprint density at radius 1 is 1.12 bits per heavy atom. The lowest BCUT2D eigenvalue weighted by Gasteiger charge is -2.30. The summed E-state index contributed by atoms with van der Waals surface area (Å²) in [6.07, 6.45) is 1.28. The molecule has 0 atom stereocenters. The maximum atomic E-state index is 12.8. The number of hydrogen-bond acceptors (Lipinski definition) is 7. The quantitative estimate of drug-likeness (QED) is 0.437. The van der Waals surface area contributed by atoms with E-state index >= 15 is 0 Å². The molecule has 4 rings (SSSR count). The molecule has 1 fully saturated rings. The Kier molecular flexibility index (Phi) is 7.92. The number of aromatic nitrogens is 2. The van der Waals surface area contributed by atoms with Crippen molar-refractivity contribution in [2.45, 2.75) is 36.0 Å². The molecule has 8 nitrogen and oxygen atoms in total. The summed E-state index contributed by atoms with van der Waals surface area (Å²) in [6.45, 7) is 2.62. The number of nitrogens with zero attached hydrogens (tertiary/aromatic N) is 3. The third-order valence-electron chi connectivity index (χ3n) is 5.56. The number of hydrogen-bond donors (Lipinski definition) is 1. The first kappa shape index (κ1) is 24.7. The monoisotopic (exact) mass is 520 g/mol. The van der Waals surface area contributed by atoms with Crippen molar-refractivity contribution in [3.63, 3.8) is 0 Å².